The standard InChI is InChI=1S/C22H23F3N4O3/c1-2-3-11-26-19(30)15-9-10-18(27-14-15)28-12-6-13-29(21(28)32)20(31)16-7-4-5-8-17(16)22(23,24)25/h4-5,7-10,14H,2-3,6,11-13H2,1H3,(H,26,30). The number of hydrogen-bond acceptors (Lipinski definition) is 4. The number of urea groups is 1. The number of amides is 4. The van der Waals surface area contributed by atoms with Gasteiger partial charge in [-0.15, -0.1) is 0 Å². The average molecular weight is 448 g/mol. The van der Waals surface area contributed by atoms with Gasteiger partial charge in [-0.2, -0.15) is 13.2 Å². The summed E-state index contributed by atoms with van der Waals surface area (Å²) in [4.78, 5) is 44.0. The van der Waals surface area contributed by atoms with Crippen molar-refractivity contribution in [3.05, 3.63) is 59.3 Å². The summed E-state index contributed by atoms with van der Waals surface area (Å²) in [7, 11) is 0. The van der Waals surface area contributed by atoms with Crippen molar-refractivity contribution in [1.29, 1.82) is 0 Å². The number of unbranched alkanes of at least 4 members (excludes halogenated alkanes) is 1. The van der Waals surface area contributed by atoms with Crippen LogP contribution in [0.15, 0.2) is 42.6 Å². The zero-order chi connectivity index (χ0) is 23.3. The molecule has 170 valence electrons. The lowest BCUT2D eigenvalue weighted by molar-refractivity contribution is -0.138. The number of carbonyl (C=O) groups excluding carboxylic acids is 3. The summed E-state index contributed by atoms with van der Waals surface area (Å²) in [6.07, 6.45) is -1.24. The summed E-state index contributed by atoms with van der Waals surface area (Å²) in [6.45, 7) is 2.79. The van der Waals surface area contributed by atoms with E-state index in [0.29, 0.717) is 18.5 Å². The van der Waals surface area contributed by atoms with E-state index in [1.165, 1.54) is 35.4 Å². The van der Waals surface area contributed by atoms with Gasteiger partial charge in [-0.25, -0.2) is 9.78 Å². The second-order valence-corrected chi connectivity index (χ2v) is 7.30. The number of anilines is 1. The topological polar surface area (TPSA) is 82.6 Å². The molecule has 0 radical (unpaired) electrons. The highest BCUT2D eigenvalue weighted by molar-refractivity contribution is 6.09. The second-order valence-electron chi connectivity index (χ2n) is 7.30. The van der Waals surface area contributed by atoms with E-state index >= 15 is 0 Å². The Morgan fingerprint density at radius 1 is 1.12 bits per heavy atom. The molecule has 7 nitrogen and oxygen atoms in total. The van der Waals surface area contributed by atoms with Crippen molar-refractivity contribution in [1.82, 2.24) is 15.2 Å². The first-order valence-electron chi connectivity index (χ1n) is 10.3. The minimum absolute atomic E-state index is 0.00171. The van der Waals surface area contributed by atoms with Gasteiger partial charge in [-0.05, 0) is 37.1 Å². The third-order valence-electron chi connectivity index (χ3n) is 5.04. The normalized spacial score (nSPS) is 14.4. The number of carbonyl (C=O) groups is 3. The van der Waals surface area contributed by atoms with E-state index in [2.05, 4.69) is 10.3 Å². The number of hydrogen-bond donors (Lipinski definition) is 1. The van der Waals surface area contributed by atoms with Crippen LogP contribution in [0.4, 0.5) is 23.8 Å². The fraction of sp³-hybridized carbons (Fsp3) is 0.364. The Morgan fingerprint density at radius 3 is 2.53 bits per heavy atom. The lowest BCUT2D eigenvalue weighted by Gasteiger charge is -2.34. The Labute approximate surface area is 183 Å². The molecule has 0 spiro atoms. The molecule has 3 rings (SSSR count). The zero-order valence-electron chi connectivity index (χ0n) is 17.5. The van der Waals surface area contributed by atoms with Crippen LogP contribution in [0.25, 0.3) is 0 Å². The van der Waals surface area contributed by atoms with Gasteiger partial charge < -0.3 is 5.32 Å². The lowest BCUT2D eigenvalue weighted by atomic mass is 10.1. The lowest BCUT2D eigenvalue weighted by Crippen LogP contribution is -2.52. The second kappa shape index (κ2) is 9.80. The first-order valence-corrected chi connectivity index (χ1v) is 10.3. The van der Waals surface area contributed by atoms with Crippen LogP contribution in [0.3, 0.4) is 0 Å². The summed E-state index contributed by atoms with van der Waals surface area (Å²) >= 11 is 0. The maximum atomic E-state index is 13.3. The molecular formula is C22H23F3N4O3. The predicted molar refractivity (Wildman–Crippen MR) is 111 cm³/mol. The maximum Gasteiger partial charge on any atom is 0.417 e. The van der Waals surface area contributed by atoms with Crippen LogP contribution in [0.5, 0.6) is 0 Å². The van der Waals surface area contributed by atoms with Gasteiger partial charge in [0, 0.05) is 25.8 Å². The van der Waals surface area contributed by atoms with Crippen LogP contribution < -0.4 is 10.2 Å². The third-order valence-corrected chi connectivity index (χ3v) is 5.04. The molecule has 0 aliphatic carbocycles. The average Bonchev–Trinajstić information content (AvgIpc) is 2.78. The molecule has 0 bridgehead atoms. The van der Waals surface area contributed by atoms with Crippen molar-refractivity contribution in [3.8, 4) is 0 Å². The number of aromatic nitrogens is 1. The predicted octanol–water partition coefficient (Wildman–Crippen LogP) is 4.10. The minimum atomic E-state index is -4.72. The molecule has 1 aliphatic rings. The summed E-state index contributed by atoms with van der Waals surface area (Å²) in [6, 6.07) is 6.60. The summed E-state index contributed by atoms with van der Waals surface area (Å²) in [5, 5.41) is 2.76. The van der Waals surface area contributed by atoms with Crippen molar-refractivity contribution in [2.75, 3.05) is 24.5 Å². The molecular weight excluding hydrogens is 425 g/mol. The molecule has 32 heavy (non-hydrogen) atoms. The van der Waals surface area contributed by atoms with Crippen LogP contribution >= 0.6 is 0 Å². The fourth-order valence-electron chi connectivity index (χ4n) is 3.35. The van der Waals surface area contributed by atoms with Crippen molar-refractivity contribution in [3.63, 3.8) is 0 Å². The van der Waals surface area contributed by atoms with Gasteiger partial charge in [0.15, 0.2) is 0 Å². The molecule has 2 heterocycles. The van der Waals surface area contributed by atoms with E-state index in [1.807, 2.05) is 6.92 Å². The fourth-order valence-corrected chi connectivity index (χ4v) is 3.35. The van der Waals surface area contributed by atoms with E-state index in [1.54, 1.807) is 0 Å². The van der Waals surface area contributed by atoms with E-state index in [0.717, 1.165) is 29.9 Å². The van der Waals surface area contributed by atoms with Crippen molar-refractivity contribution in [2.24, 2.45) is 0 Å². The van der Waals surface area contributed by atoms with E-state index in [4.69, 9.17) is 0 Å². The highest BCUT2D eigenvalue weighted by atomic mass is 19.4. The number of imide groups is 1. The first kappa shape index (κ1) is 23.2. The van der Waals surface area contributed by atoms with Crippen LogP contribution in [-0.4, -0.2) is 47.4 Å². The number of pyridine rings is 1. The maximum absolute atomic E-state index is 13.3. The van der Waals surface area contributed by atoms with Crippen LogP contribution in [-0.2, 0) is 6.18 Å². The molecule has 0 saturated carbocycles. The smallest absolute Gasteiger partial charge is 0.352 e. The van der Waals surface area contributed by atoms with Gasteiger partial charge in [0.25, 0.3) is 11.8 Å². The molecule has 1 aliphatic heterocycles. The number of benzene rings is 1. The Kier molecular flexibility index (Phi) is 7.12. The number of halogens is 3. The molecule has 2 aromatic rings. The molecule has 1 fully saturated rings. The number of rotatable bonds is 6. The van der Waals surface area contributed by atoms with Crippen LogP contribution in [0, 0.1) is 0 Å². The van der Waals surface area contributed by atoms with Crippen molar-refractivity contribution in [2.45, 2.75) is 32.4 Å². The Balaban J connectivity index is 1.77. The SMILES string of the molecule is CCCCNC(=O)c1ccc(N2CCCN(C(=O)c3ccccc3C(F)(F)F)C2=O)nc1. The monoisotopic (exact) mass is 448 g/mol. The summed E-state index contributed by atoms with van der Waals surface area (Å²) in [5.74, 6) is -1.09. The van der Waals surface area contributed by atoms with Crippen molar-refractivity contribution < 1.29 is 27.6 Å². The first-order chi connectivity index (χ1) is 15.2. The Hall–Kier alpha value is -3.43. The van der Waals surface area contributed by atoms with Crippen LogP contribution in [0.1, 0.15) is 52.5 Å². The molecule has 1 saturated heterocycles. The van der Waals surface area contributed by atoms with Crippen LogP contribution in [0.2, 0.25) is 0 Å². The molecule has 1 N–H and O–H groups in total. The number of nitrogens with zero attached hydrogens (tertiary/aromatic N) is 3. The van der Waals surface area contributed by atoms with Gasteiger partial charge in [0.05, 0.1) is 16.7 Å². The number of alkyl halides is 3. The summed E-state index contributed by atoms with van der Waals surface area (Å²) in [5.41, 5.74) is -1.35. The third kappa shape index (κ3) is 5.06. The zero-order valence-corrected chi connectivity index (χ0v) is 17.5. The van der Waals surface area contributed by atoms with Gasteiger partial charge in [0.1, 0.15) is 5.82 Å². The summed E-state index contributed by atoms with van der Waals surface area (Å²) < 4.78 is 39.9. The van der Waals surface area contributed by atoms with E-state index in [9.17, 15) is 27.6 Å². The van der Waals surface area contributed by atoms with E-state index < -0.39 is 29.2 Å². The number of nitrogens with one attached hydrogen (secondary N) is 1. The molecule has 10 heteroatoms. The Morgan fingerprint density at radius 2 is 1.88 bits per heavy atom. The Bertz CT molecular complexity index is 993. The molecule has 1 aromatic carbocycles. The van der Waals surface area contributed by atoms with Crippen molar-refractivity contribution >= 4 is 23.7 Å². The molecule has 0 atom stereocenters. The minimum Gasteiger partial charge on any atom is -0.352 e. The van der Waals surface area contributed by atoms with Gasteiger partial charge >= 0.3 is 12.2 Å². The largest absolute Gasteiger partial charge is 0.417 e. The van der Waals surface area contributed by atoms with Gasteiger partial charge in [-0.3, -0.25) is 19.4 Å². The quantitative estimate of drug-likeness (QED) is 0.675. The van der Waals surface area contributed by atoms with Gasteiger partial charge in [0.2, 0.25) is 0 Å². The highest BCUT2D eigenvalue weighted by Gasteiger charge is 2.39. The highest BCUT2D eigenvalue weighted by Crippen LogP contribution is 2.33. The van der Waals surface area contributed by atoms with Gasteiger partial charge in [-0.1, -0.05) is 25.5 Å². The molecule has 4 amide bonds. The molecule has 1 aromatic heterocycles. The molecule has 0 unspecified atom stereocenters. The van der Waals surface area contributed by atoms with E-state index in [-0.39, 0.29) is 24.8 Å².